The quantitative estimate of drug-likeness (QED) is 0.519. The first-order valence-corrected chi connectivity index (χ1v) is 7.15. The molecule has 4 heteroatoms. The van der Waals surface area contributed by atoms with Crippen molar-refractivity contribution in [3.8, 4) is 5.75 Å². The Hall–Kier alpha value is -2.36. The van der Waals surface area contributed by atoms with Gasteiger partial charge in [0.05, 0.1) is 13.2 Å². The molecule has 1 amide bonds. The molecular weight excluding hydrogens is 278 g/mol. The predicted molar refractivity (Wildman–Crippen MR) is 88.6 cm³/mol. The van der Waals surface area contributed by atoms with E-state index in [2.05, 4.69) is 13.2 Å². The van der Waals surface area contributed by atoms with E-state index in [1.165, 1.54) is 11.8 Å². The Morgan fingerprint density at radius 3 is 2.64 bits per heavy atom. The lowest BCUT2D eigenvalue weighted by Crippen LogP contribution is -2.37. The fraction of sp³-hybridized carbons (Fsp3) is 0.333. The Morgan fingerprint density at radius 2 is 2.14 bits per heavy atom. The van der Waals surface area contributed by atoms with Crippen molar-refractivity contribution >= 4 is 17.9 Å². The monoisotopic (exact) mass is 301 g/mol. The van der Waals surface area contributed by atoms with E-state index in [-0.39, 0.29) is 5.78 Å². The molecule has 0 spiro atoms. The summed E-state index contributed by atoms with van der Waals surface area (Å²) >= 11 is 0. The van der Waals surface area contributed by atoms with E-state index in [0.717, 1.165) is 11.1 Å². The lowest BCUT2D eigenvalue weighted by molar-refractivity contribution is -0.127. The summed E-state index contributed by atoms with van der Waals surface area (Å²) in [6, 6.07) is 5.03. The number of carbonyl (C=O) groups is 2. The SMILES string of the molecule is C=CCCC(C(C)=O)N(C=O)C(=C)c1cc(OC)ccc1C. The maximum Gasteiger partial charge on any atom is 0.214 e. The molecule has 0 aliphatic carbocycles. The fourth-order valence-electron chi connectivity index (χ4n) is 2.32. The molecule has 1 aromatic carbocycles. The van der Waals surface area contributed by atoms with Gasteiger partial charge in [0.25, 0.3) is 0 Å². The van der Waals surface area contributed by atoms with Crippen molar-refractivity contribution in [3.05, 3.63) is 48.6 Å². The van der Waals surface area contributed by atoms with Gasteiger partial charge in [-0.25, -0.2) is 0 Å². The zero-order valence-electron chi connectivity index (χ0n) is 13.5. The van der Waals surface area contributed by atoms with E-state index in [4.69, 9.17) is 4.74 Å². The van der Waals surface area contributed by atoms with Crippen LogP contribution in [0.2, 0.25) is 0 Å². The van der Waals surface area contributed by atoms with Crippen LogP contribution in [0.25, 0.3) is 5.70 Å². The standard InChI is InChI=1S/C18H23NO3/c1-6-7-8-18(15(4)21)19(12-20)14(3)17-11-16(22-5)10-9-13(17)2/h6,9-12,18H,1,3,7-8H2,2,4-5H3. The molecule has 1 rings (SSSR count). The molecule has 1 unspecified atom stereocenters. The van der Waals surface area contributed by atoms with Gasteiger partial charge in [0.1, 0.15) is 5.75 Å². The van der Waals surface area contributed by atoms with Gasteiger partial charge < -0.3 is 9.64 Å². The molecule has 0 aliphatic heterocycles. The smallest absolute Gasteiger partial charge is 0.214 e. The number of carbonyl (C=O) groups excluding carboxylic acids is 2. The summed E-state index contributed by atoms with van der Waals surface area (Å²) in [7, 11) is 1.58. The van der Waals surface area contributed by atoms with Crippen LogP contribution < -0.4 is 4.74 Å². The third-order valence-corrected chi connectivity index (χ3v) is 3.63. The molecule has 0 saturated heterocycles. The summed E-state index contributed by atoms with van der Waals surface area (Å²) in [5, 5.41) is 0. The Labute approximate surface area is 132 Å². The van der Waals surface area contributed by atoms with Gasteiger partial charge in [0.2, 0.25) is 6.41 Å². The van der Waals surface area contributed by atoms with E-state index in [1.807, 2.05) is 25.1 Å². The zero-order valence-corrected chi connectivity index (χ0v) is 13.5. The Bertz CT molecular complexity index is 578. The molecule has 0 saturated carbocycles. The minimum absolute atomic E-state index is 0.0735. The second kappa shape index (κ2) is 8.17. The van der Waals surface area contributed by atoms with Crippen LogP contribution in [0.1, 0.15) is 30.9 Å². The summed E-state index contributed by atoms with van der Waals surface area (Å²) in [5.74, 6) is 0.605. The van der Waals surface area contributed by atoms with Crippen molar-refractivity contribution < 1.29 is 14.3 Å². The average Bonchev–Trinajstić information content (AvgIpc) is 2.51. The molecule has 118 valence electrons. The molecule has 0 fully saturated rings. The molecule has 0 bridgehead atoms. The van der Waals surface area contributed by atoms with E-state index < -0.39 is 6.04 Å². The zero-order chi connectivity index (χ0) is 16.7. The van der Waals surface area contributed by atoms with Crippen molar-refractivity contribution in [2.75, 3.05) is 7.11 Å². The van der Waals surface area contributed by atoms with Gasteiger partial charge in [-0.05, 0) is 44.4 Å². The minimum Gasteiger partial charge on any atom is -0.497 e. The Kier molecular flexibility index (Phi) is 6.57. The van der Waals surface area contributed by atoms with Crippen LogP contribution in [0.3, 0.4) is 0 Å². The normalized spacial score (nSPS) is 11.4. The number of ether oxygens (including phenoxy) is 1. The fourth-order valence-corrected chi connectivity index (χ4v) is 2.32. The molecular formula is C18H23NO3. The molecule has 0 heterocycles. The molecule has 1 aromatic rings. The second-order valence-electron chi connectivity index (χ2n) is 5.13. The van der Waals surface area contributed by atoms with Crippen molar-refractivity contribution in [3.63, 3.8) is 0 Å². The molecule has 0 radical (unpaired) electrons. The summed E-state index contributed by atoms with van der Waals surface area (Å²) in [6.07, 6.45) is 3.58. The lowest BCUT2D eigenvalue weighted by Gasteiger charge is -2.28. The Balaban J connectivity index is 3.17. The third-order valence-electron chi connectivity index (χ3n) is 3.63. The van der Waals surface area contributed by atoms with Crippen LogP contribution in [0.4, 0.5) is 0 Å². The van der Waals surface area contributed by atoms with Gasteiger partial charge in [-0.3, -0.25) is 9.59 Å². The number of hydrogen-bond acceptors (Lipinski definition) is 3. The van der Waals surface area contributed by atoms with Crippen molar-refractivity contribution in [1.29, 1.82) is 0 Å². The van der Waals surface area contributed by atoms with Crippen molar-refractivity contribution in [2.24, 2.45) is 0 Å². The van der Waals surface area contributed by atoms with Gasteiger partial charge in [-0.15, -0.1) is 6.58 Å². The molecule has 22 heavy (non-hydrogen) atoms. The molecule has 0 aromatic heterocycles. The van der Waals surface area contributed by atoms with Crippen LogP contribution in [0.15, 0.2) is 37.4 Å². The number of Topliss-reactive ketones (excluding diaryl/α,β-unsaturated/α-hetero) is 1. The van der Waals surface area contributed by atoms with Crippen LogP contribution in [0.5, 0.6) is 5.75 Å². The van der Waals surface area contributed by atoms with Crippen LogP contribution in [-0.4, -0.2) is 30.2 Å². The number of nitrogens with zero attached hydrogens (tertiary/aromatic N) is 1. The second-order valence-corrected chi connectivity index (χ2v) is 5.13. The van der Waals surface area contributed by atoms with Crippen LogP contribution in [-0.2, 0) is 9.59 Å². The summed E-state index contributed by atoms with van der Waals surface area (Å²) < 4.78 is 5.22. The maximum atomic E-state index is 11.9. The average molecular weight is 301 g/mol. The summed E-state index contributed by atoms with van der Waals surface area (Å²) in [6.45, 7) is 11.1. The van der Waals surface area contributed by atoms with E-state index >= 15 is 0 Å². The predicted octanol–water partition coefficient (Wildman–Crippen LogP) is 3.36. The largest absolute Gasteiger partial charge is 0.497 e. The third kappa shape index (κ3) is 4.07. The summed E-state index contributed by atoms with van der Waals surface area (Å²) in [4.78, 5) is 24.8. The first kappa shape index (κ1) is 17.7. The first-order valence-electron chi connectivity index (χ1n) is 7.15. The molecule has 1 atom stereocenters. The van der Waals surface area contributed by atoms with Gasteiger partial charge in [0, 0.05) is 11.3 Å². The van der Waals surface area contributed by atoms with Gasteiger partial charge >= 0.3 is 0 Å². The molecule has 0 N–H and O–H groups in total. The highest BCUT2D eigenvalue weighted by Crippen LogP contribution is 2.27. The topological polar surface area (TPSA) is 46.6 Å². The summed E-state index contributed by atoms with van der Waals surface area (Å²) in [5.41, 5.74) is 2.25. The number of ketones is 1. The van der Waals surface area contributed by atoms with Gasteiger partial charge in [0.15, 0.2) is 5.78 Å². The number of hydrogen-bond donors (Lipinski definition) is 0. The Morgan fingerprint density at radius 1 is 1.45 bits per heavy atom. The number of methoxy groups -OCH3 is 1. The molecule has 0 aliphatic rings. The molecule has 4 nitrogen and oxygen atoms in total. The highest BCUT2D eigenvalue weighted by atomic mass is 16.5. The van der Waals surface area contributed by atoms with Gasteiger partial charge in [-0.1, -0.05) is 18.7 Å². The highest BCUT2D eigenvalue weighted by molar-refractivity contribution is 5.88. The lowest BCUT2D eigenvalue weighted by atomic mass is 10.0. The number of allylic oxidation sites excluding steroid dienone is 1. The number of rotatable bonds is 9. The highest BCUT2D eigenvalue weighted by Gasteiger charge is 2.24. The minimum atomic E-state index is -0.534. The van der Waals surface area contributed by atoms with Crippen LogP contribution >= 0.6 is 0 Å². The first-order chi connectivity index (χ1) is 10.5. The number of benzene rings is 1. The van der Waals surface area contributed by atoms with Gasteiger partial charge in [-0.2, -0.15) is 0 Å². The number of amides is 1. The van der Waals surface area contributed by atoms with E-state index in [1.54, 1.807) is 13.2 Å². The maximum absolute atomic E-state index is 11.9. The van der Waals surface area contributed by atoms with Crippen molar-refractivity contribution in [1.82, 2.24) is 4.90 Å². The van der Waals surface area contributed by atoms with E-state index in [0.29, 0.717) is 30.7 Å². The van der Waals surface area contributed by atoms with E-state index in [9.17, 15) is 9.59 Å². The van der Waals surface area contributed by atoms with Crippen LogP contribution in [0, 0.1) is 6.92 Å². The number of aryl methyl sites for hydroxylation is 1. The van der Waals surface area contributed by atoms with Crippen molar-refractivity contribution in [2.45, 2.75) is 32.7 Å².